The Hall–Kier alpha value is -1.86. The summed E-state index contributed by atoms with van der Waals surface area (Å²) >= 11 is 1.52. The van der Waals surface area contributed by atoms with Gasteiger partial charge in [-0.15, -0.1) is 0 Å². The standard InChI is InChI=1S/C18H17FN2O2S2/c19-14-6-4-5-13(9-14)10-24-18-20-16-11-25(22,23)12-17(16)21(18)15-7-2-1-3-8-15/h1-9,16-17H,10-12H2. The van der Waals surface area contributed by atoms with E-state index < -0.39 is 9.84 Å². The number of thioether (sulfide) groups is 1. The fraction of sp³-hybridized carbons (Fsp3) is 0.278. The first-order valence-electron chi connectivity index (χ1n) is 8.02. The molecule has 2 atom stereocenters. The number of para-hydroxylation sites is 1. The highest BCUT2D eigenvalue weighted by Crippen LogP contribution is 2.35. The van der Waals surface area contributed by atoms with Crippen molar-refractivity contribution in [3.8, 4) is 0 Å². The van der Waals surface area contributed by atoms with Gasteiger partial charge in [-0.2, -0.15) is 0 Å². The molecule has 4 nitrogen and oxygen atoms in total. The number of nitrogens with zero attached hydrogens (tertiary/aromatic N) is 2. The third-order valence-corrected chi connectivity index (χ3v) is 7.14. The van der Waals surface area contributed by atoms with E-state index in [1.807, 2.05) is 41.3 Å². The Kier molecular flexibility index (Phi) is 4.29. The molecule has 7 heteroatoms. The second kappa shape index (κ2) is 6.46. The van der Waals surface area contributed by atoms with Gasteiger partial charge in [0, 0.05) is 11.4 Å². The highest BCUT2D eigenvalue weighted by molar-refractivity contribution is 8.13. The van der Waals surface area contributed by atoms with E-state index in [1.165, 1.54) is 23.9 Å². The van der Waals surface area contributed by atoms with Crippen LogP contribution in [0.5, 0.6) is 0 Å². The molecule has 0 N–H and O–H groups in total. The van der Waals surface area contributed by atoms with Crippen LogP contribution in [-0.2, 0) is 15.6 Å². The zero-order chi connectivity index (χ0) is 17.4. The van der Waals surface area contributed by atoms with Crippen molar-refractivity contribution in [2.24, 2.45) is 4.99 Å². The summed E-state index contributed by atoms with van der Waals surface area (Å²) < 4.78 is 37.4. The Morgan fingerprint density at radius 1 is 1.12 bits per heavy atom. The molecule has 130 valence electrons. The molecule has 4 rings (SSSR count). The molecule has 2 aromatic rings. The third-order valence-electron chi connectivity index (χ3n) is 4.40. The van der Waals surface area contributed by atoms with Crippen molar-refractivity contribution in [1.29, 1.82) is 0 Å². The fourth-order valence-corrected chi connectivity index (χ4v) is 6.21. The lowest BCUT2D eigenvalue weighted by Crippen LogP contribution is -2.39. The quantitative estimate of drug-likeness (QED) is 0.826. The van der Waals surface area contributed by atoms with E-state index in [0.717, 1.165) is 16.4 Å². The normalized spacial score (nSPS) is 24.2. The van der Waals surface area contributed by atoms with E-state index in [4.69, 9.17) is 0 Å². The number of sulfone groups is 1. The van der Waals surface area contributed by atoms with Gasteiger partial charge in [0.2, 0.25) is 0 Å². The Morgan fingerprint density at radius 3 is 2.68 bits per heavy atom. The highest BCUT2D eigenvalue weighted by Gasteiger charge is 2.47. The van der Waals surface area contributed by atoms with Crippen LogP contribution < -0.4 is 4.90 Å². The number of rotatable bonds is 3. The first-order valence-corrected chi connectivity index (χ1v) is 10.8. The number of hydrogen-bond donors (Lipinski definition) is 0. The molecule has 1 fully saturated rings. The number of anilines is 1. The zero-order valence-corrected chi connectivity index (χ0v) is 15.0. The van der Waals surface area contributed by atoms with Crippen molar-refractivity contribution in [3.63, 3.8) is 0 Å². The van der Waals surface area contributed by atoms with Gasteiger partial charge in [-0.05, 0) is 29.8 Å². The van der Waals surface area contributed by atoms with E-state index in [0.29, 0.717) is 5.75 Å². The van der Waals surface area contributed by atoms with Gasteiger partial charge < -0.3 is 4.90 Å². The molecule has 25 heavy (non-hydrogen) atoms. The SMILES string of the molecule is O=S1(=O)CC2N=C(SCc3cccc(F)c3)N(c3ccccc3)C2C1. The summed E-state index contributed by atoms with van der Waals surface area (Å²) in [5.41, 5.74) is 1.82. The first kappa shape index (κ1) is 16.6. The number of amidine groups is 1. The summed E-state index contributed by atoms with van der Waals surface area (Å²) in [4.78, 5) is 6.70. The summed E-state index contributed by atoms with van der Waals surface area (Å²) in [6, 6.07) is 15.9. The summed E-state index contributed by atoms with van der Waals surface area (Å²) in [6.45, 7) is 0. The van der Waals surface area contributed by atoms with Crippen molar-refractivity contribution in [3.05, 3.63) is 66.0 Å². The van der Waals surface area contributed by atoms with Crippen molar-refractivity contribution < 1.29 is 12.8 Å². The van der Waals surface area contributed by atoms with Gasteiger partial charge in [0.15, 0.2) is 15.0 Å². The van der Waals surface area contributed by atoms with Crippen LogP contribution in [0.1, 0.15) is 5.56 Å². The molecule has 2 unspecified atom stereocenters. The number of fused-ring (bicyclic) bond motifs is 1. The third kappa shape index (κ3) is 3.43. The fourth-order valence-electron chi connectivity index (χ4n) is 3.30. The first-order chi connectivity index (χ1) is 12.0. The summed E-state index contributed by atoms with van der Waals surface area (Å²) in [7, 11) is -3.05. The van der Waals surface area contributed by atoms with Crippen molar-refractivity contribution in [2.75, 3.05) is 16.4 Å². The molecular formula is C18H17FN2O2S2. The second-order valence-corrected chi connectivity index (χ2v) is 9.34. The number of aliphatic imine (C=N–C) groups is 1. The lowest BCUT2D eigenvalue weighted by Gasteiger charge is -2.26. The average molecular weight is 376 g/mol. The van der Waals surface area contributed by atoms with Gasteiger partial charge in [0.05, 0.1) is 23.6 Å². The van der Waals surface area contributed by atoms with E-state index in [1.54, 1.807) is 6.07 Å². The Morgan fingerprint density at radius 2 is 1.92 bits per heavy atom. The van der Waals surface area contributed by atoms with E-state index in [9.17, 15) is 12.8 Å². The monoisotopic (exact) mass is 376 g/mol. The van der Waals surface area contributed by atoms with Crippen LogP contribution in [0.2, 0.25) is 0 Å². The van der Waals surface area contributed by atoms with E-state index in [-0.39, 0.29) is 29.4 Å². The van der Waals surface area contributed by atoms with Crippen LogP contribution in [0.4, 0.5) is 10.1 Å². The molecule has 0 radical (unpaired) electrons. The Labute approximate surface area is 150 Å². The number of halogens is 1. The predicted octanol–water partition coefficient (Wildman–Crippen LogP) is 3.10. The smallest absolute Gasteiger partial charge is 0.164 e. The molecule has 0 amide bonds. The largest absolute Gasteiger partial charge is 0.315 e. The van der Waals surface area contributed by atoms with Crippen LogP contribution in [0.25, 0.3) is 0 Å². The minimum Gasteiger partial charge on any atom is -0.315 e. The van der Waals surface area contributed by atoms with Gasteiger partial charge in [-0.1, -0.05) is 42.1 Å². The van der Waals surface area contributed by atoms with E-state index >= 15 is 0 Å². The maximum absolute atomic E-state index is 13.4. The maximum Gasteiger partial charge on any atom is 0.164 e. The van der Waals surface area contributed by atoms with Crippen molar-refractivity contribution in [2.45, 2.75) is 17.8 Å². The van der Waals surface area contributed by atoms with Gasteiger partial charge in [0.1, 0.15) is 5.82 Å². The van der Waals surface area contributed by atoms with Crippen molar-refractivity contribution >= 4 is 32.5 Å². The lowest BCUT2D eigenvalue weighted by molar-refractivity contribution is 0.601. The molecule has 1 saturated heterocycles. The maximum atomic E-state index is 13.4. The average Bonchev–Trinajstić information content (AvgIpc) is 3.05. The number of benzene rings is 2. The molecule has 2 heterocycles. The molecule has 0 spiro atoms. The summed E-state index contributed by atoms with van der Waals surface area (Å²) in [5.74, 6) is 0.561. The molecule has 2 aliphatic heterocycles. The van der Waals surface area contributed by atoms with Crippen LogP contribution >= 0.6 is 11.8 Å². The second-order valence-electron chi connectivity index (χ2n) is 6.25. The highest BCUT2D eigenvalue weighted by atomic mass is 32.2. The van der Waals surface area contributed by atoms with E-state index in [2.05, 4.69) is 4.99 Å². The topological polar surface area (TPSA) is 49.7 Å². The Bertz CT molecular complexity index is 916. The van der Waals surface area contributed by atoms with Crippen molar-refractivity contribution in [1.82, 2.24) is 0 Å². The molecule has 2 aliphatic rings. The van der Waals surface area contributed by atoms with Gasteiger partial charge in [-0.25, -0.2) is 12.8 Å². The van der Waals surface area contributed by atoms with Crippen LogP contribution in [-0.4, -0.2) is 37.2 Å². The molecule has 0 aliphatic carbocycles. The van der Waals surface area contributed by atoms with Crippen LogP contribution in [0.15, 0.2) is 59.6 Å². The molecule has 0 bridgehead atoms. The van der Waals surface area contributed by atoms with Gasteiger partial charge in [-0.3, -0.25) is 4.99 Å². The van der Waals surface area contributed by atoms with Crippen LogP contribution in [0, 0.1) is 5.82 Å². The molecule has 0 saturated carbocycles. The predicted molar refractivity (Wildman–Crippen MR) is 100 cm³/mol. The molecular weight excluding hydrogens is 359 g/mol. The minimum absolute atomic E-state index is 0.102. The Balaban J connectivity index is 1.60. The van der Waals surface area contributed by atoms with Crippen LogP contribution in [0.3, 0.4) is 0 Å². The zero-order valence-electron chi connectivity index (χ0n) is 13.4. The number of hydrogen-bond acceptors (Lipinski definition) is 5. The van der Waals surface area contributed by atoms with Gasteiger partial charge >= 0.3 is 0 Å². The van der Waals surface area contributed by atoms with Gasteiger partial charge in [0.25, 0.3) is 0 Å². The molecule has 0 aromatic heterocycles. The summed E-state index contributed by atoms with van der Waals surface area (Å²) in [5, 5.41) is 0.806. The minimum atomic E-state index is -3.05. The molecule has 2 aromatic carbocycles. The summed E-state index contributed by atoms with van der Waals surface area (Å²) in [6.07, 6.45) is 0. The lowest BCUT2D eigenvalue weighted by atomic mass is 10.1.